The minimum absolute atomic E-state index is 1.26. The Bertz CT molecular complexity index is 1150. The highest BCUT2D eigenvalue weighted by Crippen LogP contribution is 2.38. The molecule has 5 aromatic rings. The van der Waals surface area contributed by atoms with Gasteiger partial charge in [-0.25, -0.2) is 0 Å². The molecule has 0 atom stereocenters. The number of hydrogen-bond acceptors (Lipinski definition) is 1. The Hall–Kier alpha value is -1.79. The molecule has 21 heavy (non-hydrogen) atoms. The summed E-state index contributed by atoms with van der Waals surface area (Å²) in [5, 5.41) is 5.37. The van der Waals surface area contributed by atoms with Crippen LogP contribution in [-0.4, -0.2) is 20.1 Å². The summed E-state index contributed by atoms with van der Waals surface area (Å²) in [6, 6.07) is 21.9. The maximum atomic E-state index is 2.85. The number of rotatable bonds is 0. The Labute approximate surface area is 134 Å². The topological polar surface area (TPSA) is 4.93 Å². The molecule has 5 rings (SSSR count). The quantitative estimate of drug-likeness (QED) is 0.351. The van der Waals surface area contributed by atoms with Gasteiger partial charge in [-0.3, -0.25) is 0 Å². The largest absolute Gasteiger partial charge is 0.452 e. The van der Waals surface area contributed by atoms with Crippen LogP contribution in [0.4, 0.5) is 0 Å². The Morgan fingerprint density at radius 2 is 1.43 bits per heavy atom. The number of para-hydroxylation sites is 1. The van der Waals surface area contributed by atoms with Gasteiger partial charge >= 0.3 is 16.5 Å². The molecular weight excluding hydrogens is 289 g/mol. The maximum absolute atomic E-state index is 2.85. The number of thiophene rings is 1. The molecule has 0 aliphatic rings. The first-order valence-corrected chi connectivity index (χ1v) is 8.26. The van der Waals surface area contributed by atoms with Gasteiger partial charge in [0.1, 0.15) is 0 Å². The minimum atomic E-state index is 1.26. The van der Waals surface area contributed by atoms with Crippen LogP contribution in [0.15, 0.2) is 60.7 Å². The third kappa shape index (κ3) is 1.51. The predicted molar refractivity (Wildman–Crippen MR) is 93.5 cm³/mol. The summed E-state index contributed by atoms with van der Waals surface area (Å²) in [4.78, 5) is 0. The molecule has 0 aliphatic carbocycles. The van der Waals surface area contributed by atoms with Gasteiger partial charge in [0.25, 0.3) is 0 Å². The molecule has 0 aliphatic heterocycles. The molecule has 3 heteroatoms. The lowest BCUT2D eigenvalue weighted by Gasteiger charge is -2.00. The summed E-state index contributed by atoms with van der Waals surface area (Å²) < 4.78 is 4.95. The van der Waals surface area contributed by atoms with E-state index in [9.17, 15) is 0 Å². The van der Waals surface area contributed by atoms with E-state index < -0.39 is 0 Å². The zero-order valence-electron chi connectivity index (χ0n) is 11.2. The van der Waals surface area contributed by atoms with E-state index in [1.165, 1.54) is 42.0 Å². The van der Waals surface area contributed by atoms with Gasteiger partial charge in [-0.15, -0.1) is 11.3 Å². The van der Waals surface area contributed by atoms with Crippen molar-refractivity contribution in [3.8, 4) is 0 Å². The summed E-state index contributed by atoms with van der Waals surface area (Å²) in [6.07, 6.45) is 0. The second-order valence-electron chi connectivity index (χ2n) is 5.35. The molecule has 0 bridgehead atoms. The molecule has 0 fully saturated rings. The molecule has 0 amide bonds. The fraction of sp³-hybridized carbons (Fsp3) is 0. The normalized spacial score (nSPS) is 12.0. The smallest absolute Gasteiger partial charge is 0.318 e. The van der Waals surface area contributed by atoms with Crippen molar-refractivity contribution >= 4 is 69.8 Å². The Balaban J connectivity index is 2.08. The average molecular weight is 299 g/mol. The molecule has 0 unspecified atom stereocenters. The van der Waals surface area contributed by atoms with E-state index in [2.05, 4.69) is 80.7 Å². The molecule has 96 valence electrons. The highest BCUT2D eigenvalue weighted by atomic mass is 32.1. The lowest BCUT2D eigenvalue weighted by molar-refractivity contribution is 1.40. The second-order valence-corrected chi connectivity index (χ2v) is 6.95. The number of nitrogens with zero attached hydrogens (tertiary/aromatic N) is 1. The van der Waals surface area contributed by atoms with Crippen molar-refractivity contribution in [2.75, 3.05) is 0 Å². The van der Waals surface area contributed by atoms with Crippen LogP contribution in [0.25, 0.3) is 42.0 Å². The van der Waals surface area contributed by atoms with Gasteiger partial charge in [-0.05, 0) is 24.3 Å². The van der Waals surface area contributed by atoms with Crippen molar-refractivity contribution in [3.63, 3.8) is 0 Å². The molecule has 2 aromatic heterocycles. The lowest BCUT2D eigenvalue weighted by Crippen LogP contribution is -1.89. The molecule has 0 N–H and O–H groups in total. The first kappa shape index (κ1) is 11.8. The molecule has 0 spiro atoms. The third-order valence-corrected chi connectivity index (χ3v) is 5.90. The predicted octanol–water partition coefficient (Wildman–Crippen LogP) is 5.09. The molecule has 2 heterocycles. The van der Waals surface area contributed by atoms with Crippen LogP contribution in [0.1, 0.15) is 0 Å². The fourth-order valence-corrected chi connectivity index (χ4v) is 4.78. The molecule has 1 nitrogen and oxygen atoms in total. The Kier molecular flexibility index (Phi) is 2.32. The first-order chi connectivity index (χ1) is 10.3. The molecule has 0 saturated carbocycles. The van der Waals surface area contributed by atoms with E-state index >= 15 is 0 Å². The van der Waals surface area contributed by atoms with Crippen LogP contribution in [-0.2, 0) is 0 Å². The summed E-state index contributed by atoms with van der Waals surface area (Å²) in [5.41, 5.74) is 2.54. The molecule has 0 saturated heterocycles. The van der Waals surface area contributed by atoms with E-state index in [0.29, 0.717) is 0 Å². The van der Waals surface area contributed by atoms with Crippen molar-refractivity contribution < 1.29 is 0 Å². The van der Waals surface area contributed by atoms with Crippen molar-refractivity contribution in [1.29, 1.82) is 0 Å². The summed E-state index contributed by atoms with van der Waals surface area (Å²) in [6.45, 7) is 0. The van der Waals surface area contributed by atoms with Gasteiger partial charge in [0.2, 0.25) is 0 Å². The van der Waals surface area contributed by atoms with Gasteiger partial charge in [0.05, 0.1) is 0 Å². The van der Waals surface area contributed by atoms with Gasteiger partial charge in [-0.1, -0.05) is 36.4 Å². The highest BCUT2D eigenvalue weighted by Gasteiger charge is 2.11. The number of hydrogen-bond donors (Lipinski definition) is 0. The molecule has 3 aromatic carbocycles. The summed E-state index contributed by atoms with van der Waals surface area (Å²) >= 11 is 4.73. The van der Waals surface area contributed by atoms with Crippen LogP contribution >= 0.6 is 11.3 Å². The van der Waals surface area contributed by atoms with Gasteiger partial charge in [-0.2, -0.15) is 0 Å². The van der Waals surface area contributed by atoms with Crippen molar-refractivity contribution in [1.82, 2.24) is 3.55 Å². The standard InChI is InChI=1S/C18H10NS.Al/c1-3-7-15-11(5-1)13-10-18-14(9-16(13)19-15)12-6-2-4-8-17(12)20-18;/h1-10H;/q-1;+1. The van der Waals surface area contributed by atoms with Gasteiger partial charge in [0.15, 0.2) is 0 Å². The Morgan fingerprint density at radius 1 is 0.667 bits per heavy atom. The summed E-state index contributed by atoms with van der Waals surface area (Å²) in [7, 11) is 0. The van der Waals surface area contributed by atoms with E-state index in [1.807, 2.05) is 11.3 Å². The van der Waals surface area contributed by atoms with Gasteiger partial charge < -0.3 is 3.55 Å². The van der Waals surface area contributed by atoms with E-state index in [0.717, 1.165) is 0 Å². The van der Waals surface area contributed by atoms with Crippen molar-refractivity contribution in [2.24, 2.45) is 0 Å². The fourth-order valence-electron chi connectivity index (χ4n) is 3.22. The molecule has 2 radical (unpaired) electrons. The minimum Gasteiger partial charge on any atom is -0.452 e. The van der Waals surface area contributed by atoms with Crippen LogP contribution < -0.4 is 0 Å². The molecular formula is C18H10AlNS. The summed E-state index contributed by atoms with van der Waals surface area (Å²) in [5.74, 6) is 0. The number of benzene rings is 3. The monoisotopic (exact) mass is 299 g/mol. The average Bonchev–Trinajstić information content (AvgIpc) is 3.02. The van der Waals surface area contributed by atoms with E-state index in [1.54, 1.807) is 0 Å². The Morgan fingerprint density at radius 3 is 2.33 bits per heavy atom. The van der Waals surface area contributed by atoms with Crippen LogP contribution in [0, 0.1) is 0 Å². The van der Waals surface area contributed by atoms with E-state index in [-0.39, 0.29) is 0 Å². The van der Waals surface area contributed by atoms with Crippen LogP contribution in [0.2, 0.25) is 0 Å². The number of fused-ring (bicyclic) bond motifs is 6. The second kappa shape index (κ2) is 4.11. The van der Waals surface area contributed by atoms with Gasteiger partial charge in [0, 0.05) is 42.0 Å². The van der Waals surface area contributed by atoms with Crippen molar-refractivity contribution in [3.05, 3.63) is 60.7 Å². The highest BCUT2D eigenvalue weighted by molar-refractivity contribution is 7.25. The van der Waals surface area contributed by atoms with Crippen LogP contribution in [0.5, 0.6) is 0 Å². The SMILES string of the molecule is [Al][n]1c2ccccc2c2cc3sc4ccccc4c3cc21. The zero-order valence-corrected chi connectivity index (χ0v) is 13.2. The van der Waals surface area contributed by atoms with Crippen molar-refractivity contribution in [2.45, 2.75) is 0 Å². The van der Waals surface area contributed by atoms with Crippen LogP contribution in [0.3, 0.4) is 0 Å². The first-order valence-electron chi connectivity index (χ1n) is 6.92. The third-order valence-electron chi connectivity index (χ3n) is 4.21. The zero-order chi connectivity index (χ0) is 14.0. The lowest BCUT2D eigenvalue weighted by atomic mass is 10.1. The number of aromatic nitrogens is 1. The maximum Gasteiger partial charge on any atom is 0.318 e. The van der Waals surface area contributed by atoms with E-state index in [4.69, 9.17) is 0 Å².